The zero-order valence-corrected chi connectivity index (χ0v) is 19.2. The van der Waals surface area contributed by atoms with Crippen molar-refractivity contribution >= 4 is 81.5 Å². The number of hydrogen-bond acceptors (Lipinski definition) is 12. The summed E-state index contributed by atoms with van der Waals surface area (Å²) in [5.41, 5.74) is 0.0694. The molecule has 0 rings (SSSR count). The predicted molar refractivity (Wildman–Crippen MR) is 109 cm³/mol. The van der Waals surface area contributed by atoms with E-state index in [4.69, 9.17) is 64.0 Å². The Kier molecular flexibility index (Phi) is 5510. The molecule has 0 aromatic rings. The summed E-state index contributed by atoms with van der Waals surface area (Å²) in [7, 11) is 0. The van der Waals surface area contributed by atoms with E-state index in [0.717, 1.165) is 0 Å². The van der Waals surface area contributed by atoms with Crippen LogP contribution in [0.3, 0.4) is 0 Å². The van der Waals surface area contributed by atoms with E-state index in [9.17, 15) is 0 Å². The first kappa shape index (κ1) is 118. The Bertz CT molecular complexity index is 198. The van der Waals surface area contributed by atoms with Gasteiger partial charge < -0.3 is 57.5 Å². The van der Waals surface area contributed by atoms with Crippen molar-refractivity contribution in [2.45, 2.75) is 20.8 Å². The molecule has 12 nitrogen and oxygen atoms in total. The van der Waals surface area contributed by atoms with Gasteiger partial charge in [0, 0.05) is 39.0 Å². The SMILES string of the molecule is C#CC(C)(C)C.[CH-]=O.[CH-]=O.[CH-]=O.[CH-]=O.[CH-]=O.[CH-]=O.[CH-]=O.[CH-]=O.[CH-]=O.[CH-]=O.[CH-]=O.[CH-]=O.[Co].[Co]. The quantitative estimate of drug-likeness (QED) is 0.190. The molecular formula is C18H22Co2O12-12. The Morgan fingerprint density at radius 1 is 0.375 bits per heavy atom. The van der Waals surface area contributed by atoms with E-state index in [2.05, 4.69) is 87.4 Å². The molecule has 0 atom stereocenters. The van der Waals surface area contributed by atoms with Gasteiger partial charge in [-0.1, -0.05) is 0 Å². The van der Waals surface area contributed by atoms with Gasteiger partial charge in [0.1, 0.15) is 0 Å². The standard InChI is InChI=1S/C6H10.12CHO.2Co/c1-5-6(2,3)4;12*1-2;;/h1H,2-4H3;12*1H;;/q;12*-1;;. The van der Waals surface area contributed by atoms with Crippen molar-refractivity contribution in [2.24, 2.45) is 5.41 Å². The minimum absolute atomic E-state index is 0. The molecule has 0 N–H and O–H groups in total. The van der Waals surface area contributed by atoms with Gasteiger partial charge in [0.05, 0.1) is 0 Å². The van der Waals surface area contributed by atoms with Gasteiger partial charge in [0.15, 0.2) is 0 Å². The third-order valence-electron chi connectivity index (χ3n) is 0.433. The summed E-state index contributed by atoms with van der Waals surface area (Å²) in [5, 5.41) is 0. The minimum Gasteiger partial charge on any atom is -0.545 e. The summed E-state index contributed by atoms with van der Waals surface area (Å²) in [6.45, 7) is 45.0. The van der Waals surface area contributed by atoms with Crippen LogP contribution in [-0.4, -0.2) is 81.5 Å². The smallest absolute Gasteiger partial charge is 0.0227 e. The first-order valence-corrected chi connectivity index (χ1v) is 4.87. The molecular weight excluding hydrogens is 526 g/mol. The van der Waals surface area contributed by atoms with Gasteiger partial charge in [-0.15, -0.1) is 12.3 Å². The fraction of sp³-hybridized carbons (Fsp3) is 0.222. The van der Waals surface area contributed by atoms with Crippen molar-refractivity contribution in [3.63, 3.8) is 0 Å². The van der Waals surface area contributed by atoms with E-state index < -0.39 is 0 Å². The van der Waals surface area contributed by atoms with E-state index in [1.807, 2.05) is 20.8 Å². The Morgan fingerprint density at radius 2 is 0.406 bits per heavy atom. The van der Waals surface area contributed by atoms with Crippen molar-refractivity contribution in [3.05, 3.63) is 0 Å². The molecule has 0 spiro atoms. The molecule has 0 aliphatic rings. The molecule has 0 aromatic heterocycles. The molecule has 0 aromatic carbocycles. The molecule has 2 radical (unpaired) electrons. The van der Waals surface area contributed by atoms with Crippen molar-refractivity contribution in [1.82, 2.24) is 0 Å². The molecule has 14 heteroatoms. The molecule has 0 saturated heterocycles. The van der Waals surface area contributed by atoms with Crippen LogP contribution in [0.1, 0.15) is 20.8 Å². The molecule has 0 amide bonds. The van der Waals surface area contributed by atoms with Gasteiger partial charge in [0.2, 0.25) is 0 Å². The van der Waals surface area contributed by atoms with E-state index in [1.165, 1.54) is 0 Å². The maximum atomic E-state index is 7.75. The van der Waals surface area contributed by atoms with Crippen LogP contribution in [0.4, 0.5) is 0 Å². The van der Waals surface area contributed by atoms with Crippen LogP contribution in [0, 0.1) is 17.8 Å². The molecule has 0 aliphatic heterocycles. The fourth-order valence-electron chi connectivity index (χ4n) is 0. The van der Waals surface area contributed by atoms with E-state index >= 15 is 0 Å². The molecule has 32 heavy (non-hydrogen) atoms. The van der Waals surface area contributed by atoms with Crippen LogP contribution in [-0.2, 0) is 91.1 Å². The molecule has 0 heterocycles. The Hall–Kier alpha value is -3.39. The van der Waals surface area contributed by atoms with Gasteiger partial charge in [-0.05, 0) is 20.8 Å². The second-order valence-electron chi connectivity index (χ2n) is 2.39. The Labute approximate surface area is 211 Å². The summed E-state index contributed by atoms with van der Waals surface area (Å²) >= 11 is 0. The second-order valence-corrected chi connectivity index (χ2v) is 2.39. The third kappa shape index (κ3) is 117000. The zero-order valence-electron chi connectivity index (χ0n) is 17.1. The Balaban J connectivity index is -0.00000000775. The minimum atomic E-state index is 0. The van der Waals surface area contributed by atoms with Gasteiger partial charge in [0.25, 0.3) is 0 Å². The van der Waals surface area contributed by atoms with Crippen LogP contribution >= 0.6 is 0 Å². The van der Waals surface area contributed by atoms with Gasteiger partial charge in [-0.3, -0.25) is 81.5 Å². The number of carbonyl (C=O) groups excluding carboxylic acids is 12. The van der Waals surface area contributed by atoms with E-state index in [1.54, 1.807) is 0 Å². The van der Waals surface area contributed by atoms with Crippen molar-refractivity contribution in [1.29, 1.82) is 0 Å². The third-order valence-corrected chi connectivity index (χ3v) is 0.433. The molecule has 0 bridgehead atoms. The average molecular weight is 548 g/mol. The number of terminal acetylenes is 1. The maximum Gasteiger partial charge on any atom is 0.0227 e. The van der Waals surface area contributed by atoms with Gasteiger partial charge >= 0.3 is 0 Å². The van der Waals surface area contributed by atoms with Crippen LogP contribution in [0.5, 0.6) is 0 Å². The summed E-state index contributed by atoms with van der Waals surface area (Å²) in [6, 6.07) is 0. The second kappa shape index (κ2) is 1500. The average Bonchev–Trinajstić information content (AvgIpc) is 2.93. The molecule has 0 fully saturated rings. The molecule has 0 unspecified atom stereocenters. The van der Waals surface area contributed by atoms with Crippen LogP contribution in [0.15, 0.2) is 0 Å². The Morgan fingerprint density at radius 3 is 0.406 bits per heavy atom. The van der Waals surface area contributed by atoms with Crippen LogP contribution in [0.2, 0.25) is 0 Å². The summed E-state index contributed by atoms with van der Waals surface area (Å²) in [4.78, 5) is 93.0. The van der Waals surface area contributed by atoms with Crippen LogP contribution < -0.4 is 0 Å². The first-order chi connectivity index (χ1) is 14.6. The first-order valence-electron chi connectivity index (χ1n) is 4.87. The number of rotatable bonds is 0. The van der Waals surface area contributed by atoms with Crippen molar-refractivity contribution in [3.8, 4) is 12.3 Å². The van der Waals surface area contributed by atoms with Crippen LogP contribution in [0.25, 0.3) is 0 Å². The largest absolute Gasteiger partial charge is 0.545 e. The maximum absolute atomic E-state index is 7.75. The zero-order chi connectivity index (χ0) is 29.2. The molecule has 0 saturated carbocycles. The van der Waals surface area contributed by atoms with Gasteiger partial charge in [-0.2, -0.15) is 0 Å². The fourth-order valence-corrected chi connectivity index (χ4v) is 0. The topological polar surface area (TPSA) is 205 Å². The monoisotopic (exact) mass is 548 g/mol. The molecule has 0 aliphatic carbocycles. The predicted octanol–water partition coefficient (Wildman–Crippen LogP) is -1.63. The van der Waals surface area contributed by atoms with Crippen molar-refractivity contribution in [2.75, 3.05) is 0 Å². The van der Waals surface area contributed by atoms with Crippen molar-refractivity contribution < 1.29 is 91.1 Å². The van der Waals surface area contributed by atoms with E-state index in [-0.39, 0.29) is 39.0 Å². The number of hydrogen-bond donors (Lipinski definition) is 0. The summed E-state index contributed by atoms with van der Waals surface area (Å²) in [5.74, 6) is 2.60. The van der Waals surface area contributed by atoms with Gasteiger partial charge in [-0.25, -0.2) is 0 Å². The normalized spacial score (nSPS) is 3.44. The summed E-state index contributed by atoms with van der Waals surface area (Å²) < 4.78 is 0. The van der Waals surface area contributed by atoms with E-state index in [0.29, 0.717) is 0 Å². The molecule has 196 valence electrons. The summed E-state index contributed by atoms with van der Waals surface area (Å²) in [6.07, 6.45) is 5.06.